The lowest BCUT2D eigenvalue weighted by Gasteiger charge is -2.23. The molecular weight excluding hydrogens is 480 g/mol. The fourth-order valence-corrected chi connectivity index (χ4v) is 5.81. The topological polar surface area (TPSA) is 140 Å². The SMILES string of the molecule is CC(C)CC(NC(=O)c1ccsc1)C(=O)N[C@H]1CCCN(S(=O)(=O)c2cccc[n+]2[O-])CC1=O. The van der Waals surface area contributed by atoms with Crippen LogP contribution in [0.2, 0.25) is 0 Å². The second-order valence-corrected chi connectivity index (χ2v) is 11.2. The summed E-state index contributed by atoms with van der Waals surface area (Å²) in [7, 11) is -4.18. The van der Waals surface area contributed by atoms with E-state index in [0.29, 0.717) is 18.4 Å². The Morgan fingerprint density at radius 3 is 2.71 bits per heavy atom. The summed E-state index contributed by atoms with van der Waals surface area (Å²) < 4.78 is 27.0. The Morgan fingerprint density at radius 2 is 2.06 bits per heavy atom. The predicted molar refractivity (Wildman–Crippen MR) is 125 cm³/mol. The van der Waals surface area contributed by atoms with Gasteiger partial charge in [-0.05, 0) is 42.7 Å². The van der Waals surface area contributed by atoms with Gasteiger partial charge in [-0.2, -0.15) is 20.4 Å². The molecule has 1 aliphatic rings. The van der Waals surface area contributed by atoms with Crippen molar-refractivity contribution in [3.8, 4) is 0 Å². The van der Waals surface area contributed by atoms with Crippen LogP contribution < -0.4 is 15.4 Å². The average molecular weight is 509 g/mol. The molecule has 2 atom stereocenters. The average Bonchev–Trinajstić information content (AvgIpc) is 3.25. The molecule has 0 radical (unpaired) electrons. The summed E-state index contributed by atoms with van der Waals surface area (Å²) in [6.07, 6.45) is 2.02. The lowest BCUT2D eigenvalue weighted by atomic mass is 10.0. The minimum atomic E-state index is -4.18. The highest BCUT2D eigenvalue weighted by atomic mass is 32.2. The van der Waals surface area contributed by atoms with Crippen molar-refractivity contribution in [3.05, 3.63) is 52.0 Å². The van der Waals surface area contributed by atoms with Crippen molar-refractivity contribution < 1.29 is 27.5 Å². The summed E-state index contributed by atoms with van der Waals surface area (Å²) in [5, 5.41) is 20.4. The number of hydrogen-bond donors (Lipinski definition) is 2. The monoisotopic (exact) mass is 508 g/mol. The number of amides is 2. The zero-order chi connectivity index (χ0) is 24.9. The lowest BCUT2D eigenvalue weighted by molar-refractivity contribution is -0.646. The molecule has 0 spiro atoms. The maximum absolute atomic E-state index is 13.0. The number of thiophene rings is 1. The van der Waals surface area contributed by atoms with Gasteiger partial charge in [0, 0.05) is 24.1 Å². The van der Waals surface area contributed by atoms with E-state index in [0.717, 1.165) is 10.5 Å². The quantitative estimate of drug-likeness (QED) is 0.404. The van der Waals surface area contributed by atoms with Crippen molar-refractivity contribution in [3.63, 3.8) is 0 Å². The van der Waals surface area contributed by atoms with Gasteiger partial charge in [0.1, 0.15) is 6.04 Å². The third-order valence-corrected chi connectivity index (χ3v) is 7.96. The van der Waals surface area contributed by atoms with Gasteiger partial charge >= 0.3 is 15.0 Å². The molecule has 2 amide bonds. The molecule has 2 aromatic rings. The molecule has 0 aliphatic carbocycles. The molecule has 3 rings (SSSR count). The van der Waals surface area contributed by atoms with E-state index in [1.807, 2.05) is 13.8 Å². The number of carbonyl (C=O) groups is 3. The first kappa shape index (κ1) is 25.8. The number of sulfonamides is 1. The summed E-state index contributed by atoms with van der Waals surface area (Å²) in [5.74, 6) is -1.24. The first-order valence-corrected chi connectivity index (χ1v) is 13.3. The van der Waals surface area contributed by atoms with Crippen LogP contribution in [-0.4, -0.2) is 55.5 Å². The molecule has 10 nitrogen and oxygen atoms in total. The minimum Gasteiger partial charge on any atom is -0.618 e. The van der Waals surface area contributed by atoms with Gasteiger partial charge < -0.3 is 15.8 Å². The van der Waals surface area contributed by atoms with Crippen molar-refractivity contribution in [1.29, 1.82) is 0 Å². The zero-order valence-corrected chi connectivity index (χ0v) is 20.6. The maximum atomic E-state index is 13.0. The summed E-state index contributed by atoms with van der Waals surface area (Å²) >= 11 is 1.37. The normalized spacial score (nSPS) is 18.3. The van der Waals surface area contributed by atoms with Crippen LogP contribution in [0.1, 0.15) is 43.5 Å². The third kappa shape index (κ3) is 6.19. The zero-order valence-electron chi connectivity index (χ0n) is 19.0. The van der Waals surface area contributed by atoms with E-state index in [4.69, 9.17) is 0 Å². The van der Waals surface area contributed by atoms with Crippen LogP contribution in [0.15, 0.2) is 46.2 Å². The van der Waals surface area contributed by atoms with Crippen LogP contribution in [-0.2, 0) is 19.6 Å². The van der Waals surface area contributed by atoms with Crippen molar-refractivity contribution in [2.75, 3.05) is 13.1 Å². The van der Waals surface area contributed by atoms with Crippen molar-refractivity contribution in [1.82, 2.24) is 14.9 Å². The lowest BCUT2D eigenvalue weighted by Crippen LogP contribution is -2.52. The van der Waals surface area contributed by atoms with Crippen LogP contribution in [0, 0.1) is 11.1 Å². The molecule has 0 saturated carbocycles. The molecule has 1 aliphatic heterocycles. The summed E-state index contributed by atoms with van der Waals surface area (Å²) in [6.45, 7) is 3.42. The van der Waals surface area contributed by atoms with E-state index >= 15 is 0 Å². The highest BCUT2D eigenvalue weighted by Crippen LogP contribution is 2.18. The van der Waals surface area contributed by atoms with E-state index in [9.17, 15) is 28.0 Å². The number of aromatic nitrogens is 1. The Kier molecular flexibility index (Phi) is 8.39. The van der Waals surface area contributed by atoms with E-state index in [2.05, 4.69) is 10.6 Å². The second-order valence-electron chi connectivity index (χ2n) is 8.54. The van der Waals surface area contributed by atoms with E-state index < -0.39 is 45.4 Å². The van der Waals surface area contributed by atoms with Gasteiger partial charge in [-0.1, -0.05) is 13.8 Å². The Hall–Kier alpha value is -2.83. The molecule has 184 valence electrons. The number of carbonyl (C=O) groups excluding carboxylic acids is 3. The number of rotatable bonds is 8. The molecular formula is C22H28N4O6S2. The van der Waals surface area contributed by atoms with Gasteiger partial charge in [-0.25, -0.2) is 8.42 Å². The highest BCUT2D eigenvalue weighted by molar-refractivity contribution is 7.89. The molecule has 12 heteroatoms. The second kappa shape index (κ2) is 11.1. The number of ketones is 1. The molecule has 2 aromatic heterocycles. The van der Waals surface area contributed by atoms with Crippen LogP contribution in [0.25, 0.3) is 0 Å². The Balaban J connectivity index is 1.70. The van der Waals surface area contributed by atoms with E-state index in [1.54, 1.807) is 16.8 Å². The molecule has 0 aromatic carbocycles. The molecule has 1 saturated heterocycles. The van der Waals surface area contributed by atoms with Gasteiger partial charge in [0.05, 0.1) is 18.2 Å². The fourth-order valence-electron chi connectivity index (χ4n) is 3.71. The highest BCUT2D eigenvalue weighted by Gasteiger charge is 2.37. The van der Waals surface area contributed by atoms with Crippen LogP contribution in [0.5, 0.6) is 0 Å². The van der Waals surface area contributed by atoms with Crippen LogP contribution in [0.4, 0.5) is 0 Å². The van der Waals surface area contributed by atoms with Gasteiger partial charge in [-0.15, -0.1) is 0 Å². The number of pyridine rings is 1. The largest absolute Gasteiger partial charge is 0.618 e. The molecule has 1 fully saturated rings. The Labute approximate surface area is 202 Å². The molecule has 0 bridgehead atoms. The van der Waals surface area contributed by atoms with E-state index in [1.165, 1.54) is 29.5 Å². The number of Topliss-reactive ketones (excluding diaryl/α,β-unsaturated/α-hetero) is 1. The van der Waals surface area contributed by atoms with Gasteiger partial charge in [0.25, 0.3) is 5.91 Å². The van der Waals surface area contributed by atoms with Gasteiger partial charge in [-0.3, -0.25) is 14.4 Å². The van der Waals surface area contributed by atoms with E-state index in [-0.39, 0.29) is 29.5 Å². The maximum Gasteiger partial charge on any atom is 0.323 e. The molecule has 3 heterocycles. The Morgan fingerprint density at radius 1 is 1.29 bits per heavy atom. The summed E-state index contributed by atoms with van der Waals surface area (Å²) in [6, 6.07) is 3.96. The number of nitrogens with one attached hydrogen (secondary N) is 2. The van der Waals surface area contributed by atoms with Gasteiger partial charge in [0.15, 0.2) is 12.0 Å². The standard InChI is InChI=1S/C22H28N4O6S2/c1-15(2)12-18(24-21(28)16-8-11-33-14-16)22(29)23-17-6-5-9-25(13-19(17)27)34(31,32)20-7-3-4-10-26(20)30/h3-4,7-8,10-11,14-15,17-18H,5-6,9,12-13H2,1-2H3,(H,23,29)(H,24,28)/t17-,18?/m0/s1. The third-order valence-electron chi connectivity index (χ3n) is 5.44. The summed E-state index contributed by atoms with van der Waals surface area (Å²) in [4.78, 5) is 38.4. The van der Waals surface area contributed by atoms with Crippen molar-refractivity contribution in [2.24, 2.45) is 5.92 Å². The van der Waals surface area contributed by atoms with Crippen LogP contribution >= 0.6 is 11.3 Å². The molecule has 2 N–H and O–H groups in total. The first-order valence-electron chi connectivity index (χ1n) is 10.9. The first-order chi connectivity index (χ1) is 16.1. The fraction of sp³-hybridized carbons (Fsp3) is 0.455. The molecule has 34 heavy (non-hydrogen) atoms. The van der Waals surface area contributed by atoms with Crippen molar-refractivity contribution >= 4 is 39.0 Å². The minimum absolute atomic E-state index is 0.0413. The molecule has 1 unspecified atom stereocenters. The van der Waals surface area contributed by atoms with Gasteiger partial charge in [0.2, 0.25) is 5.91 Å². The summed E-state index contributed by atoms with van der Waals surface area (Å²) in [5.41, 5.74) is 0.453. The van der Waals surface area contributed by atoms with Crippen LogP contribution in [0.3, 0.4) is 0 Å². The Bertz CT molecular complexity index is 1130. The smallest absolute Gasteiger partial charge is 0.323 e. The number of nitrogens with zero attached hydrogens (tertiary/aromatic N) is 2. The van der Waals surface area contributed by atoms with Crippen molar-refractivity contribution in [2.45, 2.75) is 50.2 Å². The predicted octanol–water partition coefficient (Wildman–Crippen LogP) is 1.06. The number of hydrogen-bond acceptors (Lipinski definition) is 7.